The predicted molar refractivity (Wildman–Crippen MR) is 76.0 cm³/mol. The van der Waals surface area contributed by atoms with Gasteiger partial charge in [0.25, 0.3) is 0 Å². The van der Waals surface area contributed by atoms with Gasteiger partial charge in [-0.25, -0.2) is 0 Å². The van der Waals surface area contributed by atoms with E-state index in [1.54, 1.807) is 12.2 Å². The highest BCUT2D eigenvalue weighted by atomic mass is 35.5. The summed E-state index contributed by atoms with van der Waals surface area (Å²) >= 11 is 6.01. The molecule has 1 N–H and O–H groups in total. The van der Waals surface area contributed by atoms with E-state index in [1.807, 2.05) is 12.2 Å². The molecule has 0 spiro atoms. The van der Waals surface area contributed by atoms with Gasteiger partial charge in [0, 0.05) is 0 Å². The molecule has 0 saturated heterocycles. The molecule has 0 aliphatic heterocycles. The number of aliphatic hydroxyl groups is 1. The number of rotatable bonds is 8. The molecule has 0 aromatic rings. The molecule has 0 heterocycles. The average Bonchev–Trinajstić information content (AvgIpc) is 2.33. The van der Waals surface area contributed by atoms with E-state index >= 15 is 0 Å². The molecular formula is C15H21ClO. The Kier molecular flexibility index (Phi) is 10.9. The largest absolute Gasteiger partial charge is 0.391 e. The minimum Gasteiger partial charge on any atom is -0.391 e. The molecule has 0 aromatic heterocycles. The lowest BCUT2D eigenvalue weighted by atomic mass is 10.1. The van der Waals surface area contributed by atoms with E-state index in [0.717, 1.165) is 12.8 Å². The number of hydrogen-bond acceptors (Lipinski definition) is 1. The quantitative estimate of drug-likeness (QED) is 0.395. The molecule has 0 unspecified atom stereocenters. The Bertz CT molecular complexity index is 297. The molecule has 1 nitrogen and oxygen atoms in total. The van der Waals surface area contributed by atoms with Crippen LogP contribution in [0.15, 0.2) is 36.5 Å². The molecule has 0 rings (SSSR count). The zero-order valence-electron chi connectivity index (χ0n) is 10.3. The number of hydrogen-bond donors (Lipinski definition) is 1. The maximum atomic E-state index is 9.73. The molecule has 0 aliphatic carbocycles. The van der Waals surface area contributed by atoms with Crippen molar-refractivity contribution >= 4 is 11.6 Å². The zero-order valence-corrected chi connectivity index (χ0v) is 11.1. The number of alkyl halides is 1. The minimum absolute atomic E-state index is 0.282. The molecule has 0 aliphatic rings. The van der Waals surface area contributed by atoms with Gasteiger partial charge in [0.15, 0.2) is 0 Å². The minimum atomic E-state index is -0.523. The summed E-state index contributed by atoms with van der Waals surface area (Å²) < 4.78 is 0. The summed E-state index contributed by atoms with van der Waals surface area (Å²) in [7, 11) is 0. The molecule has 0 aromatic carbocycles. The van der Waals surface area contributed by atoms with Gasteiger partial charge in [-0.15, -0.1) is 18.0 Å². The second kappa shape index (κ2) is 11.5. The lowest BCUT2D eigenvalue weighted by molar-refractivity contribution is 0.172. The monoisotopic (exact) mass is 252 g/mol. The Morgan fingerprint density at radius 2 is 1.88 bits per heavy atom. The van der Waals surface area contributed by atoms with Crippen molar-refractivity contribution in [3.05, 3.63) is 36.5 Å². The van der Waals surface area contributed by atoms with Gasteiger partial charge in [-0.3, -0.25) is 0 Å². The molecule has 0 amide bonds. The molecular weight excluding hydrogens is 232 g/mol. The Hall–Kier alpha value is -0.970. The van der Waals surface area contributed by atoms with Crippen LogP contribution in [0.3, 0.4) is 0 Å². The van der Waals surface area contributed by atoms with Crippen molar-refractivity contribution in [2.75, 3.05) is 0 Å². The molecule has 0 fully saturated rings. The number of terminal acetylenes is 1. The first-order valence-corrected chi connectivity index (χ1v) is 6.39. The zero-order chi connectivity index (χ0) is 12.9. The van der Waals surface area contributed by atoms with Crippen molar-refractivity contribution in [3.63, 3.8) is 0 Å². The lowest BCUT2D eigenvalue weighted by Crippen LogP contribution is -2.19. The fraction of sp³-hybridized carbons (Fsp3) is 0.467. The van der Waals surface area contributed by atoms with Gasteiger partial charge in [-0.05, 0) is 31.8 Å². The summed E-state index contributed by atoms with van der Waals surface area (Å²) in [6, 6.07) is 0. The number of allylic oxidation sites excluding steroid dienone is 5. The Balaban J connectivity index is 3.77. The van der Waals surface area contributed by atoms with Crippen LogP contribution in [0.5, 0.6) is 0 Å². The summed E-state index contributed by atoms with van der Waals surface area (Å²) in [5.41, 5.74) is 0. The Morgan fingerprint density at radius 1 is 1.18 bits per heavy atom. The third kappa shape index (κ3) is 9.93. The van der Waals surface area contributed by atoms with Gasteiger partial charge in [-0.2, -0.15) is 0 Å². The molecule has 2 atom stereocenters. The maximum absolute atomic E-state index is 9.73. The third-order valence-electron chi connectivity index (χ3n) is 2.21. The second-order valence-corrected chi connectivity index (χ2v) is 4.27. The van der Waals surface area contributed by atoms with Gasteiger partial charge in [0.2, 0.25) is 0 Å². The maximum Gasteiger partial charge on any atom is 0.0741 e. The SMILES string of the molecule is C#C/C=C\C[C@@H](Cl)[C@H](O)C/C=C\C/C=C\CC. The number of aliphatic hydroxyl groups excluding tert-OH is 1. The summed E-state index contributed by atoms with van der Waals surface area (Å²) in [6.07, 6.45) is 19.3. The normalized spacial score (nSPS) is 15.6. The number of halogens is 1. The van der Waals surface area contributed by atoms with Gasteiger partial charge >= 0.3 is 0 Å². The highest BCUT2D eigenvalue weighted by Gasteiger charge is 2.12. The smallest absolute Gasteiger partial charge is 0.0741 e. The Labute approximate surface area is 110 Å². The van der Waals surface area contributed by atoms with Crippen LogP contribution in [0.2, 0.25) is 0 Å². The molecule has 2 heteroatoms. The fourth-order valence-corrected chi connectivity index (χ4v) is 1.45. The van der Waals surface area contributed by atoms with Crippen LogP contribution in [0.1, 0.15) is 32.6 Å². The van der Waals surface area contributed by atoms with Crippen molar-refractivity contribution in [3.8, 4) is 12.3 Å². The standard InChI is InChI=1S/C15H21ClO/c1-3-5-7-8-9-11-13-15(17)14(16)12-10-6-4-2/h2,5-7,9-11,14-15,17H,3,8,12-13H2,1H3/b7-5-,10-6-,11-9-/t14-,15-/m1/s1. The molecule has 94 valence electrons. The average molecular weight is 253 g/mol. The summed E-state index contributed by atoms with van der Waals surface area (Å²) in [5, 5.41) is 9.45. The van der Waals surface area contributed by atoms with E-state index in [2.05, 4.69) is 25.0 Å². The van der Waals surface area contributed by atoms with Crippen molar-refractivity contribution in [1.29, 1.82) is 0 Å². The fourth-order valence-electron chi connectivity index (χ4n) is 1.24. The van der Waals surface area contributed by atoms with E-state index in [9.17, 15) is 5.11 Å². The summed E-state index contributed by atoms with van der Waals surface area (Å²) in [4.78, 5) is 0. The lowest BCUT2D eigenvalue weighted by Gasteiger charge is -2.12. The van der Waals surface area contributed by atoms with Gasteiger partial charge in [0.1, 0.15) is 0 Å². The highest BCUT2D eigenvalue weighted by Crippen LogP contribution is 2.12. The van der Waals surface area contributed by atoms with Gasteiger partial charge in [-0.1, -0.05) is 43.2 Å². The van der Waals surface area contributed by atoms with Crippen LogP contribution in [-0.4, -0.2) is 16.6 Å². The first-order chi connectivity index (χ1) is 8.22. The van der Waals surface area contributed by atoms with Crippen LogP contribution >= 0.6 is 11.6 Å². The van der Waals surface area contributed by atoms with Crippen LogP contribution < -0.4 is 0 Å². The molecule has 0 saturated carbocycles. The van der Waals surface area contributed by atoms with E-state index in [4.69, 9.17) is 18.0 Å². The summed E-state index contributed by atoms with van der Waals surface area (Å²) in [6.45, 7) is 2.10. The van der Waals surface area contributed by atoms with E-state index < -0.39 is 6.10 Å². The first kappa shape index (κ1) is 16.0. The van der Waals surface area contributed by atoms with Gasteiger partial charge in [0.05, 0.1) is 11.5 Å². The van der Waals surface area contributed by atoms with Crippen LogP contribution in [0.25, 0.3) is 0 Å². The second-order valence-electron chi connectivity index (χ2n) is 3.71. The van der Waals surface area contributed by atoms with Crippen molar-refractivity contribution in [2.45, 2.75) is 44.1 Å². The van der Waals surface area contributed by atoms with Crippen molar-refractivity contribution < 1.29 is 5.11 Å². The molecule has 0 radical (unpaired) electrons. The Morgan fingerprint density at radius 3 is 2.53 bits per heavy atom. The van der Waals surface area contributed by atoms with Crippen LogP contribution in [0.4, 0.5) is 0 Å². The molecule has 0 bridgehead atoms. The summed E-state index contributed by atoms with van der Waals surface area (Å²) in [5.74, 6) is 2.39. The molecule has 17 heavy (non-hydrogen) atoms. The van der Waals surface area contributed by atoms with Gasteiger partial charge < -0.3 is 5.11 Å². The van der Waals surface area contributed by atoms with Crippen LogP contribution in [0, 0.1) is 12.3 Å². The topological polar surface area (TPSA) is 20.2 Å². The van der Waals surface area contributed by atoms with Crippen LogP contribution in [-0.2, 0) is 0 Å². The first-order valence-electron chi connectivity index (χ1n) is 5.95. The van der Waals surface area contributed by atoms with Crippen molar-refractivity contribution in [2.24, 2.45) is 0 Å². The van der Waals surface area contributed by atoms with E-state index in [1.165, 1.54) is 0 Å². The highest BCUT2D eigenvalue weighted by molar-refractivity contribution is 6.21. The third-order valence-corrected chi connectivity index (χ3v) is 2.68. The van der Waals surface area contributed by atoms with Crippen molar-refractivity contribution in [1.82, 2.24) is 0 Å². The predicted octanol–water partition coefficient (Wildman–Crippen LogP) is 3.84. The van der Waals surface area contributed by atoms with E-state index in [0.29, 0.717) is 12.8 Å². The van der Waals surface area contributed by atoms with E-state index in [-0.39, 0.29) is 5.38 Å².